The van der Waals surface area contributed by atoms with Gasteiger partial charge >= 0.3 is 0 Å². The second-order valence-corrected chi connectivity index (χ2v) is 5.83. The first kappa shape index (κ1) is 16.2. The minimum absolute atomic E-state index is 0.144. The lowest BCUT2D eigenvalue weighted by Crippen LogP contribution is -2.23. The van der Waals surface area contributed by atoms with Crippen molar-refractivity contribution in [2.45, 2.75) is 45.4 Å². The monoisotopic (exact) mass is 301 g/mol. The Morgan fingerprint density at radius 1 is 1.18 bits per heavy atom. The number of para-hydroxylation sites is 1. The van der Waals surface area contributed by atoms with Crippen LogP contribution in [0.4, 0.5) is 5.69 Å². The van der Waals surface area contributed by atoms with Crippen molar-refractivity contribution in [1.29, 1.82) is 0 Å². The summed E-state index contributed by atoms with van der Waals surface area (Å²) in [6.45, 7) is 2.20. The SMILES string of the molecule is C[C@@H]1CCC/C(=N\NC(=O)CCC(=O)Nc2ccccc2)C1. The average molecular weight is 301 g/mol. The molecule has 0 radical (unpaired) electrons. The first-order chi connectivity index (χ1) is 10.6. The van der Waals surface area contributed by atoms with Gasteiger partial charge < -0.3 is 5.32 Å². The van der Waals surface area contributed by atoms with E-state index in [2.05, 4.69) is 22.8 Å². The van der Waals surface area contributed by atoms with Crippen molar-refractivity contribution in [1.82, 2.24) is 5.43 Å². The summed E-state index contributed by atoms with van der Waals surface area (Å²) in [6.07, 6.45) is 4.57. The Kier molecular flexibility index (Phi) is 6.13. The third kappa shape index (κ3) is 5.68. The molecule has 5 nitrogen and oxygen atoms in total. The summed E-state index contributed by atoms with van der Waals surface area (Å²) in [5.74, 6) is 0.260. The maximum Gasteiger partial charge on any atom is 0.240 e. The predicted octanol–water partition coefficient (Wildman–Crippen LogP) is 3.09. The molecular formula is C17H23N3O2. The number of nitrogens with one attached hydrogen (secondary N) is 2. The molecule has 1 aliphatic carbocycles. The normalized spacial score (nSPS) is 19.7. The molecule has 0 aliphatic heterocycles. The largest absolute Gasteiger partial charge is 0.326 e. The zero-order valence-corrected chi connectivity index (χ0v) is 13.0. The molecule has 118 valence electrons. The maximum atomic E-state index is 11.7. The van der Waals surface area contributed by atoms with Gasteiger partial charge in [-0.2, -0.15) is 5.10 Å². The molecule has 1 fully saturated rings. The maximum absolute atomic E-state index is 11.7. The van der Waals surface area contributed by atoms with Crippen LogP contribution in [-0.4, -0.2) is 17.5 Å². The van der Waals surface area contributed by atoms with E-state index >= 15 is 0 Å². The molecule has 0 saturated heterocycles. The average Bonchev–Trinajstić information content (AvgIpc) is 2.52. The van der Waals surface area contributed by atoms with E-state index in [1.807, 2.05) is 30.3 Å². The van der Waals surface area contributed by atoms with Crippen molar-refractivity contribution in [2.75, 3.05) is 5.32 Å². The Bertz CT molecular complexity index is 540. The van der Waals surface area contributed by atoms with Crippen LogP contribution >= 0.6 is 0 Å². The van der Waals surface area contributed by atoms with Gasteiger partial charge in [0.2, 0.25) is 11.8 Å². The van der Waals surface area contributed by atoms with Gasteiger partial charge in [-0.25, -0.2) is 5.43 Å². The summed E-state index contributed by atoms with van der Waals surface area (Å²) < 4.78 is 0. The smallest absolute Gasteiger partial charge is 0.240 e. The van der Waals surface area contributed by atoms with E-state index in [4.69, 9.17) is 0 Å². The molecule has 0 heterocycles. The van der Waals surface area contributed by atoms with Crippen molar-refractivity contribution in [2.24, 2.45) is 11.0 Å². The number of rotatable bonds is 5. The Morgan fingerprint density at radius 2 is 1.91 bits per heavy atom. The molecule has 2 N–H and O–H groups in total. The summed E-state index contributed by atoms with van der Waals surface area (Å²) in [6, 6.07) is 9.21. The number of hydrogen-bond acceptors (Lipinski definition) is 3. The lowest BCUT2D eigenvalue weighted by atomic mass is 9.89. The van der Waals surface area contributed by atoms with Gasteiger partial charge in [0.1, 0.15) is 0 Å². The first-order valence-corrected chi connectivity index (χ1v) is 7.82. The molecule has 0 bridgehead atoms. The predicted molar refractivity (Wildman–Crippen MR) is 87.5 cm³/mol. The highest BCUT2D eigenvalue weighted by Gasteiger charge is 2.14. The van der Waals surface area contributed by atoms with Gasteiger partial charge in [0.15, 0.2) is 0 Å². The van der Waals surface area contributed by atoms with E-state index < -0.39 is 0 Å². The molecule has 1 aliphatic rings. The second kappa shape index (κ2) is 8.32. The fourth-order valence-electron chi connectivity index (χ4n) is 2.53. The third-order valence-corrected chi connectivity index (χ3v) is 3.72. The minimum Gasteiger partial charge on any atom is -0.326 e. The van der Waals surface area contributed by atoms with Crippen LogP contribution in [0.5, 0.6) is 0 Å². The summed E-state index contributed by atoms with van der Waals surface area (Å²) in [4.78, 5) is 23.5. The summed E-state index contributed by atoms with van der Waals surface area (Å²) in [5.41, 5.74) is 4.36. The van der Waals surface area contributed by atoms with E-state index in [0.29, 0.717) is 5.92 Å². The lowest BCUT2D eigenvalue weighted by Gasteiger charge is -2.18. The van der Waals surface area contributed by atoms with Gasteiger partial charge in [0, 0.05) is 24.2 Å². The Morgan fingerprint density at radius 3 is 2.64 bits per heavy atom. The van der Waals surface area contributed by atoms with E-state index in [0.717, 1.165) is 30.7 Å². The van der Waals surface area contributed by atoms with Crippen LogP contribution < -0.4 is 10.7 Å². The van der Waals surface area contributed by atoms with Gasteiger partial charge in [0.25, 0.3) is 0 Å². The number of carbonyl (C=O) groups is 2. The number of amides is 2. The summed E-state index contributed by atoms with van der Waals surface area (Å²) in [7, 11) is 0. The van der Waals surface area contributed by atoms with Crippen molar-refractivity contribution >= 4 is 23.2 Å². The molecular weight excluding hydrogens is 278 g/mol. The Hall–Kier alpha value is -2.17. The van der Waals surface area contributed by atoms with Gasteiger partial charge in [-0.3, -0.25) is 9.59 Å². The first-order valence-electron chi connectivity index (χ1n) is 7.82. The zero-order chi connectivity index (χ0) is 15.8. The Balaban J connectivity index is 1.69. The second-order valence-electron chi connectivity index (χ2n) is 5.83. The topological polar surface area (TPSA) is 70.6 Å². The molecule has 5 heteroatoms. The van der Waals surface area contributed by atoms with Crippen LogP contribution in [0.3, 0.4) is 0 Å². The van der Waals surface area contributed by atoms with Crippen LogP contribution in [0, 0.1) is 5.92 Å². The van der Waals surface area contributed by atoms with Crippen LogP contribution in [0.15, 0.2) is 35.4 Å². The number of nitrogens with zero attached hydrogens (tertiary/aromatic N) is 1. The molecule has 22 heavy (non-hydrogen) atoms. The van der Waals surface area contributed by atoms with Crippen LogP contribution in [-0.2, 0) is 9.59 Å². The van der Waals surface area contributed by atoms with Crippen molar-refractivity contribution in [3.63, 3.8) is 0 Å². The number of carbonyl (C=O) groups excluding carboxylic acids is 2. The quantitative estimate of drug-likeness (QED) is 0.820. The van der Waals surface area contributed by atoms with Crippen molar-refractivity contribution in [3.8, 4) is 0 Å². The molecule has 0 unspecified atom stereocenters. The van der Waals surface area contributed by atoms with Crippen LogP contribution in [0.25, 0.3) is 0 Å². The molecule has 1 atom stereocenters. The van der Waals surface area contributed by atoms with E-state index in [9.17, 15) is 9.59 Å². The summed E-state index contributed by atoms with van der Waals surface area (Å²) in [5, 5.41) is 6.93. The molecule has 1 saturated carbocycles. The highest BCUT2D eigenvalue weighted by molar-refractivity contribution is 5.93. The molecule has 2 rings (SSSR count). The van der Waals surface area contributed by atoms with Crippen LogP contribution in [0.1, 0.15) is 45.4 Å². The van der Waals surface area contributed by atoms with Gasteiger partial charge in [0.05, 0.1) is 0 Å². The highest BCUT2D eigenvalue weighted by Crippen LogP contribution is 2.20. The Labute approximate surface area is 131 Å². The van der Waals surface area contributed by atoms with E-state index in [-0.39, 0.29) is 24.7 Å². The third-order valence-electron chi connectivity index (χ3n) is 3.72. The van der Waals surface area contributed by atoms with Gasteiger partial charge in [-0.1, -0.05) is 25.1 Å². The van der Waals surface area contributed by atoms with Crippen molar-refractivity contribution in [3.05, 3.63) is 30.3 Å². The number of anilines is 1. The standard InChI is InChI=1S/C17H23N3O2/c1-13-6-5-9-15(12-13)19-20-17(22)11-10-16(21)18-14-7-3-2-4-8-14/h2-4,7-8,13H,5-6,9-12H2,1H3,(H,18,21)(H,20,22)/b19-15+/t13-/m1/s1. The molecule has 0 aromatic heterocycles. The summed E-state index contributed by atoms with van der Waals surface area (Å²) >= 11 is 0. The fourth-order valence-corrected chi connectivity index (χ4v) is 2.53. The molecule has 1 aromatic rings. The molecule has 2 amide bonds. The van der Waals surface area contributed by atoms with Crippen molar-refractivity contribution < 1.29 is 9.59 Å². The number of hydrogen-bond donors (Lipinski definition) is 2. The minimum atomic E-state index is -0.214. The van der Waals surface area contributed by atoms with Gasteiger partial charge in [-0.15, -0.1) is 0 Å². The fraction of sp³-hybridized carbons (Fsp3) is 0.471. The van der Waals surface area contributed by atoms with Crippen LogP contribution in [0.2, 0.25) is 0 Å². The molecule has 1 aromatic carbocycles. The zero-order valence-electron chi connectivity index (χ0n) is 13.0. The highest BCUT2D eigenvalue weighted by atomic mass is 16.2. The van der Waals surface area contributed by atoms with E-state index in [1.165, 1.54) is 6.42 Å². The lowest BCUT2D eigenvalue weighted by molar-refractivity contribution is -0.124. The number of benzene rings is 1. The van der Waals surface area contributed by atoms with Gasteiger partial charge in [-0.05, 0) is 43.7 Å². The molecule has 0 spiro atoms. The number of hydrazone groups is 1. The van der Waals surface area contributed by atoms with E-state index in [1.54, 1.807) is 0 Å².